The van der Waals surface area contributed by atoms with E-state index in [1.165, 1.54) is 27.6 Å². The Balaban J connectivity index is 1.39. The smallest absolute Gasteiger partial charge is 0.141 e. The zero-order chi connectivity index (χ0) is 19.6. The first-order chi connectivity index (χ1) is 14.3. The summed E-state index contributed by atoms with van der Waals surface area (Å²) >= 11 is 1.70. The molecule has 146 valence electrons. The molecule has 4 aromatic rings. The van der Waals surface area contributed by atoms with Crippen molar-refractivity contribution in [3.63, 3.8) is 0 Å². The predicted octanol–water partition coefficient (Wildman–Crippen LogP) is 4.38. The first-order valence-electron chi connectivity index (χ1n) is 9.93. The highest BCUT2D eigenvalue weighted by Gasteiger charge is 2.22. The van der Waals surface area contributed by atoms with Crippen molar-refractivity contribution in [1.29, 1.82) is 0 Å². The predicted molar refractivity (Wildman–Crippen MR) is 119 cm³/mol. The molecule has 0 N–H and O–H groups in total. The summed E-state index contributed by atoms with van der Waals surface area (Å²) in [6.45, 7) is 7.04. The third kappa shape index (κ3) is 3.73. The van der Waals surface area contributed by atoms with Crippen LogP contribution in [-0.4, -0.2) is 46.0 Å². The largest absolute Gasteiger partial charge is 0.353 e. The van der Waals surface area contributed by atoms with Crippen LogP contribution in [-0.2, 0) is 6.54 Å². The van der Waals surface area contributed by atoms with Gasteiger partial charge in [0, 0.05) is 56.1 Å². The van der Waals surface area contributed by atoms with Gasteiger partial charge in [-0.25, -0.2) is 9.97 Å². The number of aromatic nitrogens is 3. The number of anilines is 1. The van der Waals surface area contributed by atoms with Gasteiger partial charge < -0.3 is 4.90 Å². The fourth-order valence-corrected chi connectivity index (χ4v) is 4.82. The topological polar surface area (TPSA) is 45.2 Å². The molecule has 0 amide bonds. The molecule has 4 heterocycles. The summed E-state index contributed by atoms with van der Waals surface area (Å²) in [6, 6.07) is 12.9. The van der Waals surface area contributed by atoms with E-state index in [0.717, 1.165) is 43.4 Å². The summed E-state index contributed by atoms with van der Waals surface area (Å²) in [4.78, 5) is 19.4. The van der Waals surface area contributed by atoms with Gasteiger partial charge in [0.1, 0.15) is 17.0 Å². The Bertz CT molecular complexity index is 1100. The van der Waals surface area contributed by atoms with Gasteiger partial charge >= 0.3 is 0 Å². The first-order valence-corrected chi connectivity index (χ1v) is 10.8. The van der Waals surface area contributed by atoms with Gasteiger partial charge in [-0.3, -0.25) is 9.88 Å². The average Bonchev–Trinajstić information content (AvgIpc) is 3.20. The van der Waals surface area contributed by atoms with Crippen molar-refractivity contribution < 1.29 is 0 Å². The highest BCUT2D eigenvalue weighted by Crippen LogP contribution is 2.38. The molecular weight excluding hydrogens is 378 g/mol. The van der Waals surface area contributed by atoms with Gasteiger partial charge in [-0.1, -0.05) is 35.9 Å². The van der Waals surface area contributed by atoms with Crippen LogP contribution >= 0.6 is 11.3 Å². The maximum absolute atomic E-state index is 4.71. The minimum Gasteiger partial charge on any atom is -0.353 e. The van der Waals surface area contributed by atoms with E-state index in [-0.39, 0.29) is 0 Å². The third-order valence-corrected chi connectivity index (χ3v) is 6.40. The Morgan fingerprint density at radius 2 is 1.83 bits per heavy atom. The quantitative estimate of drug-likeness (QED) is 0.508. The summed E-state index contributed by atoms with van der Waals surface area (Å²) in [5.74, 6) is 1.06. The van der Waals surface area contributed by atoms with Crippen LogP contribution in [0.3, 0.4) is 0 Å². The molecule has 3 aromatic heterocycles. The van der Waals surface area contributed by atoms with Crippen molar-refractivity contribution in [2.75, 3.05) is 31.1 Å². The Labute approximate surface area is 174 Å². The second-order valence-corrected chi connectivity index (χ2v) is 8.38. The molecule has 29 heavy (non-hydrogen) atoms. The molecular formula is C23H23N5S. The maximum Gasteiger partial charge on any atom is 0.141 e. The third-order valence-electron chi connectivity index (χ3n) is 5.51. The van der Waals surface area contributed by atoms with Crippen LogP contribution in [0.5, 0.6) is 0 Å². The van der Waals surface area contributed by atoms with E-state index in [4.69, 9.17) is 4.98 Å². The summed E-state index contributed by atoms with van der Waals surface area (Å²) in [5, 5.41) is 3.40. The van der Waals surface area contributed by atoms with Crippen LogP contribution in [0.25, 0.3) is 21.3 Å². The number of thiophene rings is 1. The van der Waals surface area contributed by atoms with E-state index in [1.807, 2.05) is 18.5 Å². The SMILES string of the molecule is Cc1ccc(-c2csc3ncnc(N4CCN(Cc5cccnc5)CC4)c23)cc1. The molecule has 1 saturated heterocycles. The van der Waals surface area contributed by atoms with E-state index in [1.54, 1.807) is 17.7 Å². The number of benzene rings is 1. The van der Waals surface area contributed by atoms with Gasteiger partial charge in [-0.15, -0.1) is 11.3 Å². The summed E-state index contributed by atoms with van der Waals surface area (Å²) in [5.41, 5.74) is 5.01. The van der Waals surface area contributed by atoms with E-state index in [0.29, 0.717) is 0 Å². The number of aryl methyl sites for hydroxylation is 1. The molecule has 0 atom stereocenters. The standard InChI is InChI=1S/C23H23N5S/c1-17-4-6-19(7-5-17)20-15-29-23-21(20)22(25-16-26-23)28-11-9-27(10-12-28)14-18-3-2-8-24-13-18/h2-8,13,15-16H,9-12,14H2,1H3. The van der Waals surface area contributed by atoms with Crippen LogP contribution in [0, 0.1) is 6.92 Å². The fraction of sp³-hybridized carbons (Fsp3) is 0.261. The lowest BCUT2D eigenvalue weighted by atomic mass is 10.0. The van der Waals surface area contributed by atoms with Crippen molar-refractivity contribution in [2.24, 2.45) is 0 Å². The van der Waals surface area contributed by atoms with E-state index in [2.05, 4.69) is 62.4 Å². The number of piperazine rings is 1. The number of rotatable bonds is 4. The summed E-state index contributed by atoms with van der Waals surface area (Å²) in [7, 11) is 0. The number of hydrogen-bond acceptors (Lipinski definition) is 6. The molecule has 6 heteroatoms. The Hall–Kier alpha value is -2.83. The summed E-state index contributed by atoms with van der Waals surface area (Å²) < 4.78 is 0. The highest BCUT2D eigenvalue weighted by atomic mass is 32.1. The van der Waals surface area contributed by atoms with Crippen molar-refractivity contribution >= 4 is 27.4 Å². The second-order valence-electron chi connectivity index (χ2n) is 7.52. The number of nitrogens with zero attached hydrogens (tertiary/aromatic N) is 5. The molecule has 0 aliphatic carbocycles. The van der Waals surface area contributed by atoms with Crippen molar-refractivity contribution in [3.8, 4) is 11.1 Å². The van der Waals surface area contributed by atoms with Gasteiger partial charge in [0.05, 0.1) is 5.39 Å². The fourth-order valence-electron chi connectivity index (χ4n) is 3.91. The number of hydrogen-bond donors (Lipinski definition) is 0. The Morgan fingerprint density at radius 3 is 2.59 bits per heavy atom. The van der Waals surface area contributed by atoms with Crippen molar-refractivity contribution in [3.05, 3.63) is 71.6 Å². The maximum atomic E-state index is 4.71. The molecule has 0 bridgehead atoms. The normalized spacial score (nSPS) is 15.1. The van der Waals surface area contributed by atoms with Crippen LogP contribution < -0.4 is 4.90 Å². The van der Waals surface area contributed by atoms with Crippen LogP contribution in [0.15, 0.2) is 60.5 Å². The van der Waals surface area contributed by atoms with Gasteiger partial charge in [0.2, 0.25) is 0 Å². The lowest BCUT2D eigenvalue weighted by Crippen LogP contribution is -2.46. The Kier molecular flexibility index (Phi) is 4.96. The second kappa shape index (κ2) is 7.89. The molecule has 0 saturated carbocycles. The van der Waals surface area contributed by atoms with Crippen molar-refractivity contribution in [1.82, 2.24) is 19.9 Å². The van der Waals surface area contributed by atoms with Gasteiger partial charge in [-0.05, 0) is 24.1 Å². The van der Waals surface area contributed by atoms with E-state index in [9.17, 15) is 0 Å². The lowest BCUT2D eigenvalue weighted by molar-refractivity contribution is 0.249. The minimum absolute atomic E-state index is 0.952. The molecule has 1 fully saturated rings. The Morgan fingerprint density at radius 1 is 1.00 bits per heavy atom. The van der Waals surface area contributed by atoms with Gasteiger partial charge in [-0.2, -0.15) is 0 Å². The minimum atomic E-state index is 0.952. The van der Waals surface area contributed by atoms with Gasteiger partial charge in [0.15, 0.2) is 0 Å². The first kappa shape index (κ1) is 18.2. The molecule has 0 radical (unpaired) electrons. The van der Waals surface area contributed by atoms with Gasteiger partial charge in [0.25, 0.3) is 0 Å². The number of fused-ring (bicyclic) bond motifs is 1. The molecule has 1 aliphatic heterocycles. The zero-order valence-electron chi connectivity index (χ0n) is 16.5. The van der Waals surface area contributed by atoms with Crippen LogP contribution in [0.2, 0.25) is 0 Å². The van der Waals surface area contributed by atoms with Crippen molar-refractivity contribution in [2.45, 2.75) is 13.5 Å². The van der Waals surface area contributed by atoms with Crippen LogP contribution in [0.4, 0.5) is 5.82 Å². The zero-order valence-corrected chi connectivity index (χ0v) is 17.3. The van der Waals surface area contributed by atoms with Crippen LogP contribution in [0.1, 0.15) is 11.1 Å². The van der Waals surface area contributed by atoms with E-state index >= 15 is 0 Å². The summed E-state index contributed by atoms with van der Waals surface area (Å²) in [6.07, 6.45) is 5.49. The monoisotopic (exact) mass is 401 g/mol. The van der Waals surface area contributed by atoms with E-state index < -0.39 is 0 Å². The lowest BCUT2D eigenvalue weighted by Gasteiger charge is -2.35. The molecule has 1 aromatic carbocycles. The molecule has 0 spiro atoms. The molecule has 5 nitrogen and oxygen atoms in total. The molecule has 5 rings (SSSR count). The highest BCUT2D eigenvalue weighted by molar-refractivity contribution is 7.17. The number of pyridine rings is 1. The average molecular weight is 402 g/mol. The molecule has 0 unspecified atom stereocenters. The molecule has 1 aliphatic rings.